The average Bonchev–Trinajstić information content (AvgIpc) is 2.67. The minimum atomic E-state index is -0.924. The summed E-state index contributed by atoms with van der Waals surface area (Å²) in [5.41, 5.74) is 1.51. The molecule has 0 bridgehead atoms. The van der Waals surface area contributed by atoms with Crippen molar-refractivity contribution < 1.29 is 24.6 Å². The summed E-state index contributed by atoms with van der Waals surface area (Å²) < 4.78 is 0. The van der Waals surface area contributed by atoms with E-state index in [-0.39, 0.29) is 39.7 Å². The predicted molar refractivity (Wildman–Crippen MR) is 115 cm³/mol. The van der Waals surface area contributed by atoms with Crippen LogP contribution >= 0.6 is 0 Å². The molecule has 5 heteroatoms. The van der Waals surface area contributed by atoms with Crippen molar-refractivity contribution in [1.29, 1.82) is 0 Å². The summed E-state index contributed by atoms with van der Waals surface area (Å²) in [7, 11) is 0. The van der Waals surface area contributed by atoms with Gasteiger partial charge in [-0.25, -0.2) is 0 Å². The molecule has 0 spiro atoms. The Morgan fingerprint density at radius 3 is 2.43 bits per heavy atom. The predicted octanol–water partition coefficient (Wildman–Crippen LogP) is 5.50. The summed E-state index contributed by atoms with van der Waals surface area (Å²) in [4.78, 5) is 39.0. The van der Waals surface area contributed by atoms with Crippen LogP contribution < -0.4 is 0 Å². The molecule has 0 aliphatic heterocycles. The number of Topliss-reactive ketones (excluding diaryl/α,β-unsaturated/α-hetero) is 2. The molecule has 5 nitrogen and oxygen atoms in total. The van der Waals surface area contributed by atoms with Crippen LogP contribution in [0.15, 0.2) is 23.3 Å². The fourth-order valence-corrected chi connectivity index (χ4v) is 4.97. The van der Waals surface area contributed by atoms with Crippen LogP contribution in [0.25, 0.3) is 0 Å². The number of carbonyl (C=O) groups excluding carboxylic acids is 3. The van der Waals surface area contributed by atoms with E-state index >= 15 is 0 Å². The number of carbonyl (C=O) groups is 3. The molecule has 0 fully saturated rings. The third-order valence-corrected chi connectivity index (χ3v) is 6.55. The van der Waals surface area contributed by atoms with Crippen molar-refractivity contribution in [1.82, 2.24) is 0 Å². The number of phenolic OH excluding ortho intramolecular Hbond substituents is 2. The Hall–Kier alpha value is -2.69. The van der Waals surface area contributed by atoms with Gasteiger partial charge >= 0.3 is 0 Å². The fraction of sp³-hybridized carbons (Fsp3) is 0.480. The van der Waals surface area contributed by atoms with Crippen LogP contribution in [-0.2, 0) is 0 Å². The van der Waals surface area contributed by atoms with Gasteiger partial charge in [0.05, 0.1) is 5.56 Å². The van der Waals surface area contributed by atoms with Crippen LogP contribution in [0.4, 0.5) is 0 Å². The van der Waals surface area contributed by atoms with Crippen molar-refractivity contribution in [3.8, 4) is 11.5 Å². The third-order valence-electron chi connectivity index (χ3n) is 6.55. The maximum absolute atomic E-state index is 13.8. The van der Waals surface area contributed by atoms with Crippen molar-refractivity contribution in [2.45, 2.75) is 66.2 Å². The van der Waals surface area contributed by atoms with E-state index in [1.165, 1.54) is 5.57 Å². The first-order valence-electron chi connectivity index (χ1n) is 10.5. The maximum atomic E-state index is 13.8. The first kappa shape index (κ1) is 22.0. The second kappa shape index (κ2) is 7.86. The van der Waals surface area contributed by atoms with Gasteiger partial charge in [-0.15, -0.1) is 0 Å². The molecule has 1 aromatic rings. The quantitative estimate of drug-likeness (QED) is 0.380. The van der Waals surface area contributed by atoms with E-state index in [9.17, 15) is 24.6 Å². The Morgan fingerprint density at radius 2 is 1.87 bits per heavy atom. The van der Waals surface area contributed by atoms with E-state index in [2.05, 4.69) is 6.08 Å². The molecule has 0 amide bonds. The first-order chi connectivity index (χ1) is 14.0. The Morgan fingerprint density at radius 1 is 1.20 bits per heavy atom. The van der Waals surface area contributed by atoms with Crippen LogP contribution in [0.2, 0.25) is 0 Å². The van der Waals surface area contributed by atoms with Crippen LogP contribution in [0.5, 0.6) is 11.5 Å². The lowest BCUT2D eigenvalue weighted by atomic mass is 9.56. The van der Waals surface area contributed by atoms with Crippen LogP contribution in [0, 0.1) is 11.3 Å². The largest absolute Gasteiger partial charge is 0.504 e. The van der Waals surface area contributed by atoms with Crippen LogP contribution in [-0.4, -0.2) is 28.1 Å². The lowest BCUT2D eigenvalue weighted by molar-refractivity contribution is 0.0558. The summed E-state index contributed by atoms with van der Waals surface area (Å²) in [6.45, 7) is 9.49. The van der Waals surface area contributed by atoms with Gasteiger partial charge in [-0.3, -0.25) is 14.4 Å². The van der Waals surface area contributed by atoms with Gasteiger partial charge in [0.2, 0.25) is 0 Å². The highest BCUT2D eigenvalue weighted by Gasteiger charge is 2.53. The normalized spacial score (nSPS) is 23.0. The zero-order chi connectivity index (χ0) is 22.4. The molecule has 30 heavy (non-hydrogen) atoms. The molecular weight excluding hydrogens is 380 g/mol. The van der Waals surface area contributed by atoms with Crippen molar-refractivity contribution in [2.75, 3.05) is 0 Å². The lowest BCUT2D eigenvalue weighted by Gasteiger charge is -2.44. The number of benzene rings is 1. The molecule has 0 saturated carbocycles. The SMILES string of the molecule is CC(C)=CCCC1=CC[C@H]2C(=O)c3c(C=O)c(O)c(O)c(C(C)C)c3C(=O)[C@@]2(C)C1. The zero-order valence-corrected chi connectivity index (χ0v) is 18.3. The standard InChI is InChI=1S/C25H30O5/c1-13(2)7-6-8-15-9-10-17-22(28)19-16(12-26)21(27)23(29)18(14(3)4)20(19)24(30)25(17,5)11-15/h7,9,12,14,17,27,29H,6,8,10-11H2,1-5H3/t17-,25-/m0/s1. The van der Waals surface area contributed by atoms with Crippen molar-refractivity contribution >= 4 is 17.9 Å². The summed E-state index contributed by atoms with van der Waals surface area (Å²) in [5, 5.41) is 20.9. The van der Waals surface area contributed by atoms with Crippen LogP contribution in [0.1, 0.15) is 103 Å². The van der Waals surface area contributed by atoms with E-state index < -0.39 is 22.8 Å². The smallest absolute Gasteiger partial charge is 0.170 e. The number of fused-ring (bicyclic) bond motifs is 2. The van der Waals surface area contributed by atoms with Gasteiger partial charge in [0, 0.05) is 28.0 Å². The minimum Gasteiger partial charge on any atom is -0.504 e. The van der Waals surface area contributed by atoms with Gasteiger partial charge < -0.3 is 10.2 Å². The summed E-state index contributed by atoms with van der Waals surface area (Å²) in [6.07, 6.45) is 7.19. The molecule has 0 radical (unpaired) electrons. The highest BCUT2D eigenvalue weighted by atomic mass is 16.3. The van der Waals surface area contributed by atoms with Crippen molar-refractivity contribution in [2.24, 2.45) is 11.3 Å². The molecule has 2 aliphatic rings. The number of ketones is 2. The number of aldehydes is 1. The Labute approximate surface area is 177 Å². The zero-order valence-electron chi connectivity index (χ0n) is 18.3. The van der Waals surface area contributed by atoms with Gasteiger partial charge in [-0.1, -0.05) is 44.1 Å². The molecular formula is C25H30O5. The molecule has 0 saturated heterocycles. The molecule has 160 valence electrons. The van der Waals surface area contributed by atoms with E-state index in [1.807, 2.05) is 26.8 Å². The second-order valence-corrected chi connectivity index (χ2v) is 9.31. The van der Waals surface area contributed by atoms with E-state index in [1.54, 1.807) is 13.8 Å². The first-order valence-corrected chi connectivity index (χ1v) is 10.5. The molecule has 0 aromatic heterocycles. The Bertz CT molecular complexity index is 992. The molecule has 2 N–H and O–H groups in total. The molecule has 2 atom stereocenters. The topological polar surface area (TPSA) is 91.7 Å². The Kier molecular flexibility index (Phi) is 5.76. The third kappa shape index (κ3) is 3.30. The summed E-state index contributed by atoms with van der Waals surface area (Å²) in [6, 6.07) is 0. The maximum Gasteiger partial charge on any atom is 0.170 e. The number of hydrogen-bond donors (Lipinski definition) is 2. The monoisotopic (exact) mass is 410 g/mol. The van der Waals surface area contributed by atoms with Gasteiger partial charge in [-0.05, 0) is 45.4 Å². The van der Waals surface area contributed by atoms with E-state index in [4.69, 9.17) is 0 Å². The number of phenols is 2. The van der Waals surface area contributed by atoms with Gasteiger partial charge in [0.1, 0.15) is 0 Å². The minimum absolute atomic E-state index is 0.0298. The molecule has 3 rings (SSSR count). The van der Waals surface area contributed by atoms with E-state index in [0.717, 1.165) is 18.4 Å². The van der Waals surface area contributed by atoms with Gasteiger partial charge in [0.15, 0.2) is 29.4 Å². The molecule has 2 aliphatic carbocycles. The highest BCUT2D eigenvalue weighted by molar-refractivity contribution is 6.22. The van der Waals surface area contributed by atoms with Crippen molar-refractivity contribution in [3.05, 3.63) is 45.6 Å². The average molecular weight is 411 g/mol. The second-order valence-electron chi connectivity index (χ2n) is 9.31. The molecule has 0 heterocycles. The van der Waals surface area contributed by atoms with E-state index in [0.29, 0.717) is 19.1 Å². The summed E-state index contributed by atoms with van der Waals surface area (Å²) in [5.74, 6) is -2.51. The number of aromatic hydroxyl groups is 2. The molecule has 1 aromatic carbocycles. The lowest BCUT2D eigenvalue weighted by Crippen LogP contribution is -2.47. The number of allylic oxidation sites excluding steroid dienone is 4. The number of hydrogen-bond acceptors (Lipinski definition) is 5. The number of rotatable bonds is 5. The van der Waals surface area contributed by atoms with Gasteiger partial charge in [-0.2, -0.15) is 0 Å². The Balaban J connectivity index is 2.16. The molecule has 0 unspecified atom stereocenters. The fourth-order valence-electron chi connectivity index (χ4n) is 4.97. The van der Waals surface area contributed by atoms with Crippen LogP contribution in [0.3, 0.4) is 0 Å². The van der Waals surface area contributed by atoms with Crippen molar-refractivity contribution in [3.63, 3.8) is 0 Å². The summed E-state index contributed by atoms with van der Waals surface area (Å²) >= 11 is 0. The van der Waals surface area contributed by atoms with Gasteiger partial charge in [0.25, 0.3) is 0 Å². The highest BCUT2D eigenvalue weighted by Crippen LogP contribution is 2.53.